The van der Waals surface area contributed by atoms with Gasteiger partial charge in [0, 0.05) is 31.3 Å². The minimum Gasteiger partial charge on any atom is -0.494 e. The molecule has 0 fully saturated rings. The molecule has 0 aliphatic carbocycles. The molecule has 0 spiro atoms. The Morgan fingerprint density at radius 3 is 2.52 bits per heavy atom. The zero-order valence-electron chi connectivity index (χ0n) is 14.7. The first-order chi connectivity index (χ1) is 11.9. The molecule has 25 heavy (non-hydrogen) atoms. The molecular weight excluding hydrogens is 338 g/mol. The minimum atomic E-state index is -0.233. The van der Waals surface area contributed by atoms with Gasteiger partial charge in [-0.3, -0.25) is 14.6 Å². The van der Waals surface area contributed by atoms with E-state index in [1.807, 2.05) is 31.2 Å². The molecule has 1 aromatic carbocycles. The van der Waals surface area contributed by atoms with Crippen molar-refractivity contribution in [1.29, 1.82) is 0 Å². The number of amides is 1. The third-order valence-electron chi connectivity index (χ3n) is 3.92. The van der Waals surface area contributed by atoms with Gasteiger partial charge in [-0.05, 0) is 50.2 Å². The van der Waals surface area contributed by atoms with Crippen LogP contribution in [-0.2, 0) is 17.8 Å². The molecule has 2 N–H and O–H groups in total. The van der Waals surface area contributed by atoms with Crippen LogP contribution in [0.3, 0.4) is 0 Å². The molecule has 0 atom stereocenters. The van der Waals surface area contributed by atoms with Gasteiger partial charge in [0.1, 0.15) is 5.75 Å². The van der Waals surface area contributed by atoms with E-state index in [-0.39, 0.29) is 17.9 Å². The van der Waals surface area contributed by atoms with Crippen molar-refractivity contribution in [2.45, 2.75) is 33.2 Å². The second-order valence-electron chi connectivity index (χ2n) is 5.84. The fourth-order valence-corrected chi connectivity index (χ4v) is 2.82. The first kappa shape index (κ1) is 18.9. The average molecular weight is 361 g/mol. The van der Waals surface area contributed by atoms with E-state index in [9.17, 15) is 9.59 Å². The predicted molar refractivity (Wildman–Crippen MR) is 99.4 cm³/mol. The van der Waals surface area contributed by atoms with Crippen molar-refractivity contribution >= 4 is 18.1 Å². The van der Waals surface area contributed by atoms with E-state index in [0.29, 0.717) is 35.6 Å². The lowest BCUT2D eigenvalue weighted by atomic mass is 10.1. The summed E-state index contributed by atoms with van der Waals surface area (Å²) >= 11 is 4.93. The fraction of sp³-hybridized carbons (Fsp3) is 0.389. The zero-order chi connectivity index (χ0) is 18.4. The highest BCUT2D eigenvalue weighted by Crippen LogP contribution is 2.14. The second-order valence-corrected chi connectivity index (χ2v) is 6.25. The van der Waals surface area contributed by atoms with Crippen LogP contribution in [0.25, 0.3) is 0 Å². The monoisotopic (exact) mass is 361 g/mol. The standard InChI is InChI=1S/C18H23N3O3S/c1-4-24-14-7-5-13(6-8-14)11-21(3)16(22)10-9-15-12(2)19-18(25)20-17(15)23/h5-8H,4,9-11H2,1-3H3,(H2,19,20,23,25). The lowest BCUT2D eigenvalue weighted by Gasteiger charge is -2.17. The number of aromatic nitrogens is 2. The van der Waals surface area contributed by atoms with Crippen LogP contribution in [0, 0.1) is 11.7 Å². The minimum absolute atomic E-state index is 0.0184. The summed E-state index contributed by atoms with van der Waals surface area (Å²) < 4.78 is 5.70. The Morgan fingerprint density at radius 2 is 1.92 bits per heavy atom. The molecule has 1 amide bonds. The highest BCUT2D eigenvalue weighted by molar-refractivity contribution is 7.71. The van der Waals surface area contributed by atoms with Crippen molar-refractivity contribution in [2.24, 2.45) is 0 Å². The highest BCUT2D eigenvalue weighted by Gasteiger charge is 2.12. The quantitative estimate of drug-likeness (QED) is 0.743. The maximum atomic E-state index is 12.3. The predicted octanol–water partition coefficient (Wildman–Crippen LogP) is 2.73. The van der Waals surface area contributed by atoms with Crippen molar-refractivity contribution < 1.29 is 9.53 Å². The van der Waals surface area contributed by atoms with Gasteiger partial charge in [0.15, 0.2) is 4.77 Å². The first-order valence-electron chi connectivity index (χ1n) is 8.18. The molecule has 0 unspecified atom stereocenters. The fourth-order valence-electron chi connectivity index (χ4n) is 2.57. The smallest absolute Gasteiger partial charge is 0.255 e. The number of carbonyl (C=O) groups excluding carboxylic acids is 1. The number of nitrogens with one attached hydrogen (secondary N) is 2. The second kappa shape index (κ2) is 8.62. The number of ether oxygens (including phenoxy) is 1. The number of aryl methyl sites for hydroxylation is 1. The van der Waals surface area contributed by atoms with Gasteiger partial charge in [0.05, 0.1) is 6.61 Å². The Bertz CT molecular complexity index is 840. The number of carbonyl (C=O) groups is 1. The summed E-state index contributed by atoms with van der Waals surface area (Å²) in [5.74, 6) is 0.798. The zero-order valence-corrected chi connectivity index (χ0v) is 15.5. The number of rotatable bonds is 7. The van der Waals surface area contributed by atoms with Crippen LogP contribution in [0.2, 0.25) is 0 Å². The molecule has 1 aromatic heterocycles. The van der Waals surface area contributed by atoms with Gasteiger partial charge in [0.2, 0.25) is 5.91 Å². The van der Waals surface area contributed by atoms with Crippen molar-refractivity contribution in [2.75, 3.05) is 13.7 Å². The van der Waals surface area contributed by atoms with Crippen molar-refractivity contribution in [3.05, 3.63) is 56.2 Å². The van der Waals surface area contributed by atoms with Gasteiger partial charge < -0.3 is 14.6 Å². The summed E-state index contributed by atoms with van der Waals surface area (Å²) in [6.45, 7) is 4.86. The number of hydrogen-bond donors (Lipinski definition) is 2. The number of benzene rings is 1. The molecule has 0 aliphatic rings. The number of aromatic amines is 2. The van der Waals surface area contributed by atoms with Gasteiger partial charge >= 0.3 is 0 Å². The van der Waals surface area contributed by atoms with Crippen LogP contribution in [0.4, 0.5) is 0 Å². The van der Waals surface area contributed by atoms with Gasteiger partial charge in [0.25, 0.3) is 5.56 Å². The number of nitrogens with zero attached hydrogens (tertiary/aromatic N) is 1. The van der Waals surface area contributed by atoms with E-state index in [0.717, 1.165) is 11.3 Å². The summed E-state index contributed by atoms with van der Waals surface area (Å²) in [6.07, 6.45) is 0.641. The van der Waals surface area contributed by atoms with E-state index in [4.69, 9.17) is 17.0 Å². The molecule has 0 saturated heterocycles. The van der Waals surface area contributed by atoms with Crippen molar-refractivity contribution in [3.8, 4) is 5.75 Å². The molecule has 0 bridgehead atoms. The van der Waals surface area contributed by atoms with E-state index >= 15 is 0 Å². The topological polar surface area (TPSA) is 78.2 Å². The summed E-state index contributed by atoms with van der Waals surface area (Å²) in [7, 11) is 1.76. The van der Waals surface area contributed by atoms with Gasteiger partial charge in [-0.25, -0.2) is 0 Å². The Morgan fingerprint density at radius 1 is 1.24 bits per heavy atom. The van der Waals surface area contributed by atoms with E-state index in [1.54, 1.807) is 18.9 Å². The van der Waals surface area contributed by atoms with Gasteiger partial charge in [-0.2, -0.15) is 0 Å². The Kier molecular flexibility index (Phi) is 6.52. The molecule has 134 valence electrons. The molecular formula is C18H23N3O3S. The van der Waals surface area contributed by atoms with Crippen molar-refractivity contribution in [3.63, 3.8) is 0 Å². The first-order valence-corrected chi connectivity index (χ1v) is 8.59. The largest absolute Gasteiger partial charge is 0.494 e. The van der Waals surface area contributed by atoms with Crippen molar-refractivity contribution in [1.82, 2.24) is 14.9 Å². The lowest BCUT2D eigenvalue weighted by Crippen LogP contribution is -2.27. The maximum absolute atomic E-state index is 12.3. The normalized spacial score (nSPS) is 10.5. The average Bonchev–Trinajstić information content (AvgIpc) is 2.55. The SMILES string of the molecule is CCOc1ccc(CN(C)C(=O)CCc2c(C)[nH]c(=S)[nH]c2=O)cc1. The Labute approximate surface area is 151 Å². The number of H-pyrrole nitrogens is 2. The molecule has 6 nitrogen and oxygen atoms in total. The molecule has 7 heteroatoms. The third kappa shape index (κ3) is 5.29. The summed E-state index contributed by atoms with van der Waals surface area (Å²) in [5, 5.41) is 0. The lowest BCUT2D eigenvalue weighted by molar-refractivity contribution is -0.130. The Hall–Kier alpha value is -2.41. The Balaban J connectivity index is 1.94. The van der Waals surface area contributed by atoms with E-state index in [1.165, 1.54) is 0 Å². The van der Waals surface area contributed by atoms with Crippen LogP contribution >= 0.6 is 12.2 Å². The summed E-state index contributed by atoms with van der Waals surface area (Å²) in [5.41, 5.74) is 2.06. The highest BCUT2D eigenvalue weighted by atomic mass is 32.1. The maximum Gasteiger partial charge on any atom is 0.255 e. The molecule has 2 rings (SSSR count). The van der Waals surface area contributed by atoms with Gasteiger partial charge in [-0.1, -0.05) is 12.1 Å². The van der Waals surface area contributed by atoms with Crippen LogP contribution in [0.5, 0.6) is 5.75 Å². The molecule has 0 radical (unpaired) electrons. The van der Waals surface area contributed by atoms with Crippen LogP contribution in [-0.4, -0.2) is 34.4 Å². The van der Waals surface area contributed by atoms with E-state index < -0.39 is 0 Å². The van der Waals surface area contributed by atoms with Gasteiger partial charge in [-0.15, -0.1) is 0 Å². The molecule has 1 heterocycles. The summed E-state index contributed by atoms with van der Waals surface area (Å²) in [4.78, 5) is 31.4. The van der Waals surface area contributed by atoms with Crippen LogP contribution < -0.4 is 10.3 Å². The van der Waals surface area contributed by atoms with Crippen LogP contribution in [0.1, 0.15) is 30.2 Å². The molecule has 0 aliphatic heterocycles. The van der Waals surface area contributed by atoms with Crippen LogP contribution in [0.15, 0.2) is 29.1 Å². The third-order valence-corrected chi connectivity index (χ3v) is 4.13. The number of hydrogen-bond acceptors (Lipinski definition) is 4. The molecule has 0 saturated carbocycles. The summed E-state index contributed by atoms with van der Waals surface area (Å²) in [6, 6.07) is 7.68. The van der Waals surface area contributed by atoms with E-state index in [2.05, 4.69) is 9.97 Å². The molecule has 2 aromatic rings.